The van der Waals surface area contributed by atoms with Crippen LogP contribution in [0.25, 0.3) is 0 Å². The second-order valence-electron chi connectivity index (χ2n) is 6.21. The van der Waals surface area contributed by atoms with Crippen molar-refractivity contribution in [3.05, 3.63) is 28.4 Å². The molecule has 2 unspecified atom stereocenters. The molecule has 1 amide bonds. The average molecular weight is 321 g/mol. The zero-order valence-corrected chi connectivity index (χ0v) is 13.5. The third-order valence-corrected chi connectivity index (χ3v) is 4.04. The molecule has 0 aromatic carbocycles. The van der Waals surface area contributed by atoms with E-state index in [0.29, 0.717) is 25.3 Å². The topological polar surface area (TPSA) is 114 Å². The molecule has 1 aromatic heterocycles. The minimum atomic E-state index is -0.824. The van der Waals surface area contributed by atoms with E-state index in [2.05, 4.69) is 10.3 Å². The van der Waals surface area contributed by atoms with E-state index in [4.69, 9.17) is 5.73 Å². The molecule has 23 heavy (non-hydrogen) atoms. The van der Waals surface area contributed by atoms with Crippen LogP contribution in [0.2, 0.25) is 0 Å². The second kappa shape index (κ2) is 6.91. The van der Waals surface area contributed by atoms with Crippen molar-refractivity contribution in [2.75, 3.05) is 18.4 Å². The molecule has 8 nitrogen and oxygen atoms in total. The van der Waals surface area contributed by atoms with Crippen molar-refractivity contribution < 1.29 is 9.72 Å². The highest BCUT2D eigenvalue weighted by Crippen LogP contribution is 2.20. The van der Waals surface area contributed by atoms with Gasteiger partial charge in [0.1, 0.15) is 12.0 Å². The Morgan fingerprint density at radius 2 is 2.35 bits per heavy atom. The van der Waals surface area contributed by atoms with Crippen LogP contribution in [0.3, 0.4) is 0 Å². The predicted molar refractivity (Wildman–Crippen MR) is 87.0 cm³/mol. The number of hydrogen-bond acceptors (Lipinski definition) is 6. The molecule has 0 bridgehead atoms. The number of amides is 1. The van der Waals surface area contributed by atoms with Crippen LogP contribution in [-0.2, 0) is 4.79 Å². The smallest absolute Gasteiger partial charge is 0.287 e. The Morgan fingerprint density at radius 1 is 1.61 bits per heavy atom. The Labute approximate surface area is 135 Å². The Balaban J connectivity index is 1.92. The van der Waals surface area contributed by atoms with Crippen molar-refractivity contribution in [2.45, 2.75) is 44.7 Å². The number of rotatable bonds is 6. The second-order valence-corrected chi connectivity index (χ2v) is 6.21. The maximum absolute atomic E-state index is 12.5. The van der Waals surface area contributed by atoms with Gasteiger partial charge < -0.3 is 16.0 Å². The van der Waals surface area contributed by atoms with E-state index in [1.807, 2.05) is 6.92 Å². The van der Waals surface area contributed by atoms with Crippen molar-refractivity contribution in [2.24, 2.45) is 5.73 Å². The highest BCUT2D eigenvalue weighted by atomic mass is 16.6. The Bertz CT molecular complexity index is 573. The fourth-order valence-electron chi connectivity index (χ4n) is 2.84. The van der Waals surface area contributed by atoms with Crippen molar-refractivity contribution in [1.82, 2.24) is 9.88 Å². The predicted octanol–water partition coefficient (Wildman–Crippen LogP) is 1.52. The van der Waals surface area contributed by atoms with Gasteiger partial charge in [-0.05, 0) is 25.8 Å². The highest BCUT2D eigenvalue weighted by Gasteiger charge is 2.35. The van der Waals surface area contributed by atoms with Gasteiger partial charge >= 0.3 is 0 Å². The lowest BCUT2D eigenvalue weighted by atomic mass is 9.96. The Morgan fingerprint density at radius 3 is 2.91 bits per heavy atom. The van der Waals surface area contributed by atoms with Crippen LogP contribution in [-0.4, -0.2) is 45.4 Å². The third-order valence-electron chi connectivity index (χ3n) is 4.04. The van der Waals surface area contributed by atoms with E-state index in [1.165, 1.54) is 12.3 Å². The first-order valence-corrected chi connectivity index (χ1v) is 7.78. The van der Waals surface area contributed by atoms with E-state index >= 15 is 0 Å². The van der Waals surface area contributed by atoms with Gasteiger partial charge in [-0.15, -0.1) is 0 Å². The lowest BCUT2D eigenvalue weighted by molar-refractivity contribution is -0.385. The standard InChI is InChI=1S/C15H23N5O3/c1-3-7-15(2,16)14(21)19-8-6-11(10-19)18-13-5-4-12(9-17-13)20(22)23/h4-5,9,11H,3,6-8,10,16H2,1-2H3,(H,17,18). The minimum absolute atomic E-state index is 0.0275. The number of carbonyl (C=O) groups excluding carboxylic acids is 1. The quantitative estimate of drug-likeness (QED) is 0.606. The van der Waals surface area contributed by atoms with E-state index in [-0.39, 0.29) is 17.6 Å². The number of nitro groups is 1. The number of pyridine rings is 1. The summed E-state index contributed by atoms with van der Waals surface area (Å²) in [7, 11) is 0. The number of hydrogen-bond donors (Lipinski definition) is 2. The van der Waals surface area contributed by atoms with Gasteiger partial charge in [0.2, 0.25) is 5.91 Å². The van der Waals surface area contributed by atoms with Crippen molar-refractivity contribution in [1.29, 1.82) is 0 Å². The molecule has 126 valence electrons. The normalized spacial score (nSPS) is 20.1. The fourth-order valence-corrected chi connectivity index (χ4v) is 2.84. The Hall–Kier alpha value is -2.22. The van der Waals surface area contributed by atoms with Crippen LogP contribution in [0.15, 0.2) is 18.3 Å². The molecule has 0 saturated carbocycles. The van der Waals surface area contributed by atoms with Gasteiger partial charge in [0, 0.05) is 25.2 Å². The first kappa shape index (κ1) is 17.1. The zero-order valence-electron chi connectivity index (χ0n) is 13.5. The number of nitrogens with zero attached hydrogens (tertiary/aromatic N) is 3. The van der Waals surface area contributed by atoms with E-state index in [9.17, 15) is 14.9 Å². The van der Waals surface area contributed by atoms with Crippen LogP contribution in [0.5, 0.6) is 0 Å². The highest BCUT2D eigenvalue weighted by molar-refractivity contribution is 5.86. The molecular formula is C15H23N5O3. The van der Waals surface area contributed by atoms with Gasteiger partial charge in [-0.2, -0.15) is 0 Å². The molecule has 8 heteroatoms. The zero-order chi connectivity index (χ0) is 17.0. The van der Waals surface area contributed by atoms with Crippen molar-refractivity contribution in [3.63, 3.8) is 0 Å². The third kappa shape index (κ3) is 4.16. The number of anilines is 1. The van der Waals surface area contributed by atoms with Crippen molar-refractivity contribution >= 4 is 17.4 Å². The lowest BCUT2D eigenvalue weighted by Gasteiger charge is -2.29. The fraction of sp³-hybridized carbons (Fsp3) is 0.600. The maximum atomic E-state index is 12.5. The summed E-state index contributed by atoms with van der Waals surface area (Å²) in [6, 6.07) is 3.06. The molecule has 2 heterocycles. The average Bonchev–Trinajstić information content (AvgIpc) is 2.95. The Kier molecular flexibility index (Phi) is 5.15. The van der Waals surface area contributed by atoms with Gasteiger partial charge in [0.15, 0.2) is 0 Å². The number of nitrogens with two attached hydrogens (primary N) is 1. The molecule has 1 aromatic rings. The number of nitrogens with one attached hydrogen (secondary N) is 1. The number of carbonyl (C=O) groups is 1. The summed E-state index contributed by atoms with van der Waals surface area (Å²) >= 11 is 0. The van der Waals surface area contributed by atoms with Crippen molar-refractivity contribution in [3.8, 4) is 0 Å². The van der Waals surface area contributed by atoms with Crippen LogP contribution in [0.1, 0.15) is 33.1 Å². The molecule has 1 aliphatic heterocycles. The summed E-state index contributed by atoms with van der Waals surface area (Å²) in [5, 5.41) is 13.8. The molecule has 1 fully saturated rings. The molecule has 0 spiro atoms. The van der Waals surface area contributed by atoms with Gasteiger partial charge in [-0.1, -0.05) is 13.3 Å². The van der Waals surface area contributed by atoms with Crippen LogP contribution >= 0.6 is 0 Å². The molecule has 0 radical (unpaired) electrons. The summed E-state index contributed by atoms with van der Waals surface area (Å²) in [6.45, 7) is 5.00. The SMILES string of the molecule is CCCC(C)(N)C(=O)N1CCC(Nc2ccc([N+](=O)[O-])cn2)C1. The molecular weight excluding hydrogens is 298 g/mol. The van der Waals surface area contributed by atoms with E-state index in [1.54, 1.807) is 17.9 Å². The number of likely N-dealkylation sites (tertiary alicyclic amines) is 1. The van der Waals surface area contributed by atoms with E-state index < -0.39 is 10.5 Å². The summed E-state index contributed by atoms with van der Waals surface area (Å²) < 4.78 is 0. The maximum Gasteiger partial charge on any atom is 0.287 e. The van der Waals surface area contributed by atoms with Gasteiger partial charge in [0.25, 0.3) is 5.69 Å². The van der Waals surface area contributed by atoms with E-state index in [0.717, 1.165) is 12.8 Å². The molecule has 1 saturated heterocycles. The van der Waals surface area contributed by atoms with Crippen LogP contribution < -0.4 is 11.1 Å². The summed E-state index contributed by atoms with van der Waals surface area (Å²) in [4.78, 5) is 28.4. The molecule has 3 N–H and O–H groups in total. The van der Waals surface area contributed by atoms with Crippen LogP contribution in [0, 0.1) is 10.1 Å². The minimum Gasteiger partial charge on any atom is -0.365 e. The molecule has 1 aliphatic rings. The monoisotopic (exact) mass is 321 g/mol. The summed E-state index contributed by atoms with van der Waals surface area (Å²) in [6.07, 6.45) is 3.54. The van der Waals surface area contributed by atoms with Gasteiger partial charge in [-0.25, -0.2) is 4.98 Å². The molecule has 0 aliphatic carbocycles. The molecule has 2 atom stereocenters. The first-order chi connectivity index (χ1) is 10.8. The first-order valence-electron chi connectivity index (χ1n) is 7.78. The summed E-state index contributed by atoms with van der Waals surface area (Å²) in [5.74, 6) is 0.541. The van der Waals surface area contributed by atoms with Gasteiger partial charge in [-0.3, -0.25) is 14.9 Å². The largest absolute Gasteiger partial charge is 0.365 e. The summed E-state index contributed by atoms with van der Waals surface area (Å²) in [5.41, 5.74) is 5.24. The molecule has 2 rings (SSSR count). The van der Waals surface area contributed by atoms with Gasteiger partial charge in [0.05, 0.1) is 10.5 Å². The number of aromatic nitrogens is 1. The lowest BCUT2D eigenvalue weighted by Crippen LogP contribution is -2.52. The van der Waals surface area contributed by atoms with Crippen LogP contribution in [0.4, 0.5) is 11.5 Å².